The number of aliphatic hydroxyl groups excluding tert-OH is 1. The molecule has 2 fully saturated rings. The summed E-state index contributed by atoms with van der Waals surface area (Å²) < 4.78 is 5.19. The predicted molar refractivity (Wildman–Crippen MR) is 146 cm³/mol. The van der Waals surface area contributed by atoms with Crippen molar-refractivity contribution in [2.75, 3.05) is 13.2 Å². The highest BCUT2D eigenvalue weighted by molar-refractivity contribution is 5.81. The second kappa shape index (κ2) is 19.4. The topological polar surface area (TPSA) is 46.5 Å². The smallest absolute Gasteiger partial charge is 0.330 e. The molecule has 0 spiro atoms. The third-order valence-electron chi connectivity index (χ3n) is 8.70. The van der Waals surface area contributed by atoms with E-state index in [2.05, 4.69) is 34.3 Å². The van der Waals surface area contributed by atoms with Gasteiger partial charge in [0.15, 0.2) is 0 Å². The maximum atomic E-state index is 11.1. The molecule has 0 aromatic rings. The van der Waals surface area contributed by atoms with Crippen LogP contribution in [0.15, 0.2) is 12.7 Å². The Hall–Kier alpha value is -0.830. The summed E-state index contributed by atoms with van der Waals surface area (Å²) in [4.78, 5) is 11.1. The number of aliphatic hydroxyl groups is 1. The number of carbonyl (C=O) groups is 1. The number of hydrogen-bond acceptors (Lipinski definition) is 3. The Kier molecular flexibility index (Phi) is 17.8. The highest BCUT2D eigenvalue weighted by Crippen LogP contribution is 2.36. The molecule has 0 aromatic heterocycles. The minimum Gasteiger partial charge on any atom is -0.462 e. The molecule has 2 aliphatic carbocycles. The molecule has 2 aliphatic rings. The van der Waals surface area contributed by atoms with Crippen molar-refractivity contribution in [3.05, 3.63) is 12.7 Å². The van der Waals surface area contributed by atoms with Gasteiger partial charge in [-0.2, -0.15) is 0 Å². The number of esters is 1. The zero-order chi connectivity index (χ0) is 25.2. The zero-order valence-electron chi connectivity index (χ0n) is 23.2. The third kappa shape index (κ3) is 13.3. The summed E-state index contributed by atoms with van der Waals surface area (Å²) in [5.41, 5.74) is 0. The molecule has 3 nitrogen and oxygen atoms in total. The fraction of sp³-hybridized carbons (Fsp3) is 0.903. The number of rotatable bonds is 14. The first-order valence-electron chi connectivity index (χ1n) is 14.9. The van der Waals surface area contributed by atoms with Gasteiger partial charge in [-0.15, -0.1) is 0 Å². The van der Waals surface area contributed by atoms with Gasteiger partial charge in [-0.05, 0) is 48.3 Å². The lowest BCUT2D eigenvalue weighted by atomic mass is 9.76. The van der Waals surface area contributed by atoms with Crippen LogP contribution in [0.5, 0.6) is 0 Å². The Balaban J connectivity index is 0.000000350. The van der Waals surface area contributed by atoms with Crippen molar-refractivity contribution >= 4 is 5.97 Å². The van der Waals surface area contributed by atoms with Gasteiger partial charge in [0, 0.05) is 12.7 Å². The molecule has 0 amide bonds. The first-order valence-corrected chi connectivity index (χ1v) is 14.9. The van der Waals surface area contributed by atoms with E-state index in [1.165, 1.54) is 96.0 Å². The molecular weight excluding hydrogens is 420 g/mol. The second-order valence-electron chi connectivity index (χ2n) is 11.4. The summed E-state index contributed by atoms with van der Waals surface area (Å²) in [6.07, 6.45) is 22.8. The average Bonchev–Trinajstić information content (AvgIpc) is 2.87. The standard InChI is InChI=1S/C17H30O2.C14H28O/c1-4-7-15-8-10-16(11-9-15)12-14(5-2)13-19-17(18)6-3;1-3-5-13-6-8-14(9-7-13)10-12(4-2)11-15/h6,14-16H,3-5,7-13H2,1-2H3;12-15H,3-11H2,1-2H3. The third-order valence-corrected chi connectivity index (χ3v) is 8.70. The van der Waals surface area contributed by atoms with E-state index in [9.17, 15) is 9.90 Å². The van der Waals surface area contributed by atoms with E-state index >= 15 is 0 Å². The Bertz CT molecular complexity index is 497. The van der Waals surface area contributed by atoms with Crippen LogP contribution in [-0.4, -0.2) is 24.3 Å². The van der Waals surface area contributed by atoms with E-state index < -0.39 is 0 Å². The van der Waals surface area contributed by atoms with Crippen LogP contribution in [0, 0.1) is 35.5 Å². The molecule has 0 heterocycles. The quantitative estimate of drug-likeness (QED) is 0.200. The normalized spacial score (nSPS) is 26.6. The van der Waals surface area contributed by atoms with Gasteiger partial charge >= 0.3 is 5.97 Å². The highest BCUT2D eigenvalue weighted by Gasteiger charge is 2.24. The Labute approximate surface area is 212 Å². The molecule has 34 heavy (non-hydrogen) atoms. The summed E-state index contributed by atoms with van der Waals surface area (Å²) in [6.45, 7) is 13.4. The van der Waals surface area contributed by atoms with Crippen LogP contribution in [0.1, 0.15) is 130 Å². The van der Waals surface area contributed by atoms with E-state index in [0.29, 0.717) is 25.0 Å². The van der Waals surface area contributed by atoms with E-state index in [1.807, 2.05) is 0 Å². The summed E-state index contributed by atoms with van der Waals surface area (Å²) in [5.74, 6) is 4.55. The lowest BCUT2D eigenvalue weighted by Crippen LogP contribution is -2.20. The summed E-state index contributed by atoms with van der Waals surface area (Å²) >= 11 is 0. The molecular formula is C31H58O3. The minimum atomic E-state index is -0.287. The van der Waals surface area contributed by atoms with Crippen molar-refractivity contribution < 1.29 is 14.6 Å². The predicted octanol–water partition coefficient (Wildman–Crippen LogP) is 8.74. The largest absolute Gasteiger partial charge is 0.462 e. The van der Waals surface area contributed by atoms with Crippen molar-refractivity contribution in [2.24, 2.45) is 35.5 Å². The van der Waals surface area contributed by atoms with Crippen molar-refractivity contribution in [3.8, 4) is 0 Å². The molecule has 1 N–H and O–H groups in total. The van der Waals surface area contributed by atoms with Crippen LogP contribution in [0.4, 0.5) is 0 Å². The van der Waals surface area contributed by atoms with E-state index in [-0.39, 0.29) is 5.97 Å². The van der Waals surface area contributed by atoms with Crippen molar-refractivity contribution in [1.82, 2.24) is 0 Å². The van der Waals surface area contributed by atoms with Crippen molar-refractivity contribution in [3.63, 3.8) is 0 Å². The Morgan fingerprint density at radius 2 is 1.21 bits per heavy atom. The average molecular weight is 479 g/mol. The molecule has 0 aliphatic heterocycles. The van der Waals surface area contributed by atoms with E-state index in [4.69, 9.17) is 4.74 Å². The molecule has 0 saturated heterocycles. The van der Waals surface area contributed by atoms with Crippen LogP contribution in [0.25, 0.3) is 0 Å². The van der Waals surface area contributed by atoms with Gasteiger partial charge in [0.1, 0.15) is 0 Å². The molecule has 2 rings (SSSR count). The van der Waals surface area contributed by atoms with Gasteiger partial charge in [0.05, 0.1) is 6.61 Å². The molecule has 0 radical (unpaired) electrons. The van der Waals surface area contributed by atoms with E-state index in [0.717, 1.165) is 36.5 Å². The molecule has 2 atom stereocenters. The molecule has 0 bridgehead atoms. The van der Waals surface area contributed by atoms with Crippen molar-refractivity contribution in [1.29, 1.82) is 0 Å². The molecule has 3 heteroatoms. The number of carbonyl (C=O) groups excluding carboxylic acids is 1. The van der Waals surface area contributed by atoms with E-state index in [1.54, 1.807) is 0 Å². The summed E-state index contributed by atoms with van der Waals surface area (Å²) in [6, 6.07) is 0. The van der Waals surface area contributed by atoms with Crippen LogP contribution < -0.4 is 0 Å². The lowest BCUT2D eigenvalue weighted by Gasteiger charge is -2.30. The SMILES string of the molecule is C=CC(=O)OCC(CC)CC1CCC(CCC)CC1.CCCC1CCC(CC(CC)CO)CC1. The summed E-state index contributed by atoms with van der Waals surface area (Å²) in [5, 5.41) is 9.19. The number of hydrogen-bond donors (Lipinski definition) is 1. The second-order valence-corrected chi connectivity index (χ2v) is 11.4. The van der Waals surface area contributed by atoms with Gasteiger partial charge in [0.2, 0.25) is 0 Å². The van der Waals surface area contributed by atoms with Crippen LogP contribution >= 0.6 is 0 Å². The Morgan fingerprint density at radius 1 is 0.794 bits per heavy atom. The maximum Gasteiger partial charge on any atom is 0.330 e. The van der Waals surface area contributed by atoms with Gasteiger partial charge in [-0.3, -0.25) is 0 Å². The van der Waals surface area contributed by atoms with Crippen LogP contribution in [0.3, 0.4) is 0 Å². The Morgan fingerprint density at radius 3 is 1.56 bits per heavy atom. The van der Waals surface area contributed by atoms with Crippen LogP contribution in [0.2, 0.25) is 0 Å². The molecule has 0 aromatic carbocycles. The first kappa shape index (κ1) is 31.2. The minimum absolute atomic E-state index is 0.287. The van der Waals surface area contributed by atoms with Crippen LogP contribution in [-0.2, 0) is 9.53 Å². The summed E-state index contributed by atoms with van der Waals surface area (Å²) in [7, 11) is 0. The van der Waals surface area contributed by atoms with Gasteiger partial charge in [-0.1, -0.05) is 124 Å². The van der Waals surface area contributed by atoms with Gasteiger partial charge in [-0.25, -0.2) is 4.79 Å². The van der Waals surface area contributed by atoms with Gasteiger partial charge in [0.25, 0.3) is 0 Å². The molecule has 200 valence electrons. The highest BCUT2D eigenvalue weighted by atomic mass is 16.5. The first-order chi connectivity index (χ1) is 16.5. The monoisotopic (exact) mass is 478 g/mol. The van der Waals surface area contributed by atoms with Gasteiger partial charge < -0.3 is 9.84 Å². The molecule has 2 saturated carbocycles. The fourth-order valence-electron chi connectivity index (χ4n) is 6.25. The lowest BCUT2D eigenvalue weighted by molar-refractivity contribution is -0.139. The molecule has 2 unspecified atom stereocenters. The zero-order valence-corrected chi connectivity index (χ0v) is 23.2. The number of ether oxygens (including phenoxy) is 1. The fourth-order valence-corrected chi connectivity index (χ4v) is 6.25. The maximum absolute atomic E-state index is 11.1. The van der Waals surface area contributed by atoms with Crippen molar-refractivity contribution in [2.45, 2.75) is 130 Å².